The lowest BCUT2D eigenvalue weighted by molar-refractivity contribution is 0.285. The van der Waals surface area contributed by atoms with Gasteiger partial charge >= 0.3 is 0 Å². The molecule has 2 heterocycles. The summed E-state index contributed by atoms with van der Waals surface area (Å²) >= 11 is 0. The zero-order valence-electron chi connectivity index (χ0n) is 13.2. The molecule has 0 radical (unpaired) electrons. The number of rotatable bonds is 3. The topological polar surface area (TPSA) is 32.5 Å². The van der Waals surface area contributed by atoms with Gasteiger partial charge in [0.1, 0.15) is 5.52 Å². The van der Waals surface area contributed by atoms with Gasteiger partial charge in [-0.05, 0) is 24.1 Å². The molecule has 1 aliphatic rings. The maximum absolute atomic E-state index is 5.91. The van der Waals surface area contributed by atoms with Crippen molar-refractivity contribution < 1.29 is 4.42 Å². The van der Waals surface area contributed by atoms with Gasteiger partial charge in [-0.2, -0.15) is 4.98 Å². The molecule has 0 atom stereocenters. The molecule has 1 aromatic heterocycles. The lowest BCUT2D eigenvalue weighted by atomic mass is 10.2. The summed E-state index contributed by atoms with van der Waals surface area (Å²) in [6, 6.07) is 19.4. The van der Waals surface area contributed by atoms with Crippen LogP contribution in [0.25, 0.3) is 11.1 Å². The second-order valence-electron chi connectivity index (χ2n) is 6.07. The molecular weight excluding hydrogens is 286 g/mol. The average molecular weight is 307 g/mol. The largest absolute Gasteiger partial charge is 0.423 e. The maximum Gasteiger partial charge on any atom is 0.298 e. The van der Waals surface area contributed by atoms with Crippen molar-refractivity contribution in [3.05, 3.63) is 60.2 Å². The maximum atomic E-state index is 5.91. The molecule has 3 aromatic rings. The fraction of sp³-hybridized carbons (Fsp3) is 0.316. The Morgan fingerprint density at radius 1 is 0.870 bits per heavy atom. The smallest absolute Gasteiger partial charge is 0.298 e. The first kappa shape index (κ1) is 14.3. The molecule has 0 amide bonds. The second-order valence-corrected chi connectivity index (χ2v) is 6.07. The van der Waals surface area contributed by atoms with E-state index in [9.17, 15) is 0 Å². The van der Waals surface area contributed by atoms with Crippen molar-refractivity contribution in [3.8, 4) is 0 Å². The Morgan fingerprint density at radius 2 is 1.70 bits per heavy atom. The van der Waals surface area contributed by atoms with Crippen molar-refractivity contribution >= 4 is 17.1 Å². The molecule has 2 aromatic carbocycles. The number of hydrogen-bond donors (Lipinski definition) is 0. The fourth-order valence-electron chi connectivity index (χ4n) is 3.16. The SMILES string of the molecule is c1ccc(CN2CCCN(c3nc4ccccc4o3)CC2)cc1. The van der Waals surface area contributed by atoms with E-state index in [1.165, 1.54) is 5.56 Å². The average Bonchev–Trinajstić information content (AvgIpc) is 2.89. The summed E-state index contributed by atoms with van der Waals surface area (Å²) in [6.07, 6.45) is 1.13. The number of fused-ring (bicyclic) bond motifs is 1. The lowest BCUT2D eigenvalue weighted by Gasteiger charge is -2.20. The zero-order valence-corrected chi connectivity index (χ0v) is 13.2. The van der Waals surface area contributed by atoms with Crippen LogP contribution in [0.5, 0.6) is 0 Å². The van der Waals surface area contributed by atoms with Crippen LogP contribution in [0.2, 0.25) is 0 Å². The van der Waals surface area contributed by atoms with E-state index in [0.717, 1.165) is 56.3 Å². The van der Waals surface area contributed by atoms with E-state index >= 15 is 0 Å². The van der Waals surface area contributed by atoms with Gasteiger partial charge in [0.05, 0.1) is 0 Å². The minimum absolute atomic E-state index is 0.757. The molecule has 1 saturated heterocycles. The first-order valence-electron chi connectivity index (χ1n) is 8.25. The van der Waals surface area contributed by atoms with Gasteiger partial charge in [0, 0.05) is 32.7 Å². The molecule has 0 bridgehead atoms. The number of aromatic nitrogens is 1. The van der Waals surface area contributed by atoms with Crippen LogP contribution >= 0.6 is 0 Å². The van der Waals surface area contributed by atoms with E-state index in [1.807, 2.05) is 24.3 Å². The van der Waals surface area contributed by atoms with Gasteiger partial charge < -0.3 is 9.32 Å². The van der Waals surface area contributed by atoms with Gasteiger partial charge in [-0.15, -0.1) is 0 Å². The Labute approximate surface area is 136 Å². The molecule has 4 nitrogen and oxygen atoms in total. The first-order valence-corrected chi connectivity index (χ1v) is 8.25. The van der Waals surface area contributed by atoms with E-state index in [2.05, 4.69) is 45.1 Å². The molecule has 1 aliphatic heterocycles. The highest BCUT2D eigenvalue weighted by Crippen LogP contribution is 2.22. The number of para-hydroxylation sites is 2. The number of anilines is 1. The highest BCUT2D eigenvalue weighted by molar-refractivity contribution is 5.74. The normalized spacial score (nSPS) is 16.6. The van der Waals surface area contributed by atoms with Crippen LogP contribution in [0.4, 0.5) is 6.01 Å². The van der Waals surface area contributed by atoms with E-state index in [1.54, 1.807) is 0 Å². The van der Waals surface area contributed by atoms with Crippen molar-refractivity contribution in [2.45, 2.75) is 13.0 Å². The highest BCUT2D eigenvalue weighted by atomic mass is 16.4. The van der Waals surface area contributed by atoms with E-state index in [-0.39, 0.29) is 0 Å². The summed E-state index contributed by atoms with van der Waals surface area (Å²) in [7, 11) is 0. The number of nitrogens with zero attached hydrogens (tertiary/aromatic N) is 3. The predicted octanol–water partition coefficient (Wildman–Crippen LogP) is 3.54. The van der Waals surface area contributed by atoms with Crippen LogP contribution in [-0.2, 0) is 6.54 Å². The highest BCUT2D eigenvalue weighted by Gasteiger charge is 2.19. The molecular formula is C19H21N3O. The van der Waals surface area contributed by atoms with Crippen molar-refractivity contribution in [2.75, 3.05) is 31.1 Å². The third-order valence-electron chi connectivity index (χ3n) is 4.39. The molecule has 4 heteroatoms. The Hall–Kier alpha value is -2.33. The number of hydrogen-bond acceptors (Lipinski definition) is 4. The van der Waals surface area contributed by atoms with Crippen LogP contribution in [0.3, 0.4) is 0 Å². The van der Waals surface area contributed by atoms with Crippen LogP contribution in [0.15, 0.2) is 59.0 Å². The summed E-state index contributed by atoms with van der Waals surface area (Å²) in [5.74, 6) is 0. The van der Waals surface area contributed by atoms with Gasteiger partial charge in [0.2, 0.25) is 0 Å². The van der Waals surface area contributed by atoms with E-state index in [4.69, 9.17) is 4.42 Å². The van der Waals surface area contributed by atoms with E-state index in [0.29, 0.717) is 0 Å². The van der Waals surface area contributed by atoms with Crippen LogP contribution in [-0.4, -0.2) is 36.1 Å². The van der Waals surface area contributed by atoms with E-state index < -0.39 is 0 Å². The molecule has 1 fully saturated rings. The molecule has 0 unspecified atom stereocenters. The van der Waals surface area contributed by atoms with Gasteiger partial charge in [-0.25, -0.2) is 0 Å². The Kier molecular flexibility index (Phi) is 3.99. The molecule has 4 rings (SSSR count). The predicted molar refractivity (Wildman–Crippen MR) is 92.6 cm³/mol. The second kappa shape index (κ2) is 6.42. The molecule has 23 heavy (non-hydrogen) atoms. The van der Waals surface area contributed by atoms with Crippen molar-refractivity contribution in [1.29, 1.82) is 0 Å². The van der Waals surface area contributed by atoms with Gasteiger partial charge in [-0.3, -0.25) is 4.90 Å². The Balaban J connectivity index is 1.44. The summed E-state index contributed by atoms with van der Waals surface area (Å²) in [5.41, 5.74) is 3.18. The third-order valence-corrected chi connectivity index (χ3v) is 4.39. The molecule has 0 N–H and O–H groups in total. The third kappa shape index (κ3) is 3.22. The van der Waals surface area contributed by atoms with Crippen LogP contribution < -0.4 is 4.90 Å². The summed E-state index contributed by atoms with van der Waals surface area (Å²) in [5, 5.41) is 0. The molecule has 0 aliphatic carbocycles. The van der Waals surface area contributed by atoms with Gasteiger partial charge in [-0.1, -0.05) is 42.5 Å². The molecule has 0 saturated carbocycles. The fourth-order valence-corrected chi connectivity index (χ4v) is 3.16. The molecule has 0 spiro atoms. The minimum Gasteiger partial charge on any atom is -0.423 e. The van der Waals surface area contributed by atoms with Crippen molar-refractivity contribution in [2.24, 2.45) is 0 Å². The van der Waals surface area contributed by atoms with Crippen LogP contribution in [0, 0.1) is 0 Å². The quantitative estimate of drug-likeness (QED) is 0.741. The standard InChI is InChI=1S/C19H21N3O/c1-2-7-16(8-3-1)15-21-11-6-12-22(14-13-21)19-20-17-9-4-5-10-18(17)23-19/h1-5,7-10H,6,11-15H2. The summed E-state index contributed by atoms with van der Waals surface area (Å²) < 4.78 is 5.91. The monoisotopic (exact) mass is 307 g/mol. The van der Waals surface area contributed by atoms with Gasteiger partial charge in [0.15, 0.2) is 5.58 Å². The molecule has 118 valence electrons. The van der Waals surface area contributed by atoms with Crippen LogP contribution in [0.1, 0.15) is 12.0 Å². The van der Waals surface area contributed by atoms with Crippen molar-refractivity contribution in [3.63, 3.8) is 0 Å². The number of benzene rings is 2. The Morgan fingerprint density at radius 3 is 2.57 bits per heavy atom. The Bertz CT molecular complexity index is 735. The minimum atomic E-state index is 0.757. The van der Waals surface area contributed by atoms with Crippen molar-refractivity contribution in [1.82, 2.24) is 9.88 Å². The van der Waals surface area contributed by atoms with Gasteiger partial charge in [0.25, 0.3) is 6.01 Å². The lowest BCUT2D eigenvalue weighted by Crippen LogP contribution is -2.30. The zero-order chi connectivity index (χ0) is 15.5. The summed E-state index contributed by atoms with van der Waals surface area (Å²) in [6.45, 7) is 5.12. The summed E-state index contributed by atoms with van der Waals surface area (Å²) in [4.78, 5) is 9.41. The number of oxazole rings is 1. The first-order chi connectivity index (χ1) is 11.4.